The number of hydrogen-bond donors (Lipinski definition) is 0. The van der Waals surface area contributed by atoms with Gasteiger partial charge in [-0.25, -0.2) is 8.42 Å². The van der Waals surface area contributed by atoms with E-state index in [0.29, 0.717) is 16.8 Å². The Hall–Kier alpha value is -2.32. The summed E-state index contributed by atoms with van der Waals surface area (Å²) in [6.45, 7) is 5.66. The lowest BCUT2D eigenvalue weighted by Gasteiger charge is -2.28. The fraction of sp³-hybridized carbons (Fsp3) is 0.278. The molecule has 0 amide bonds. The number of nitriles is 1. The van der Waals surface area contributed by atoms with Crippen molar-refractivity contribution in [2.75, 3.05) is 4.31 Å². The van der Waals surface area contributed by atoms with Gasteiger partial charge < -0.3 is 0 Å². The first-order valence-corrected chi connectivity index (χ1v) is 9.02. The summed E-state index contributed by atoms with van der Waals surface area (Å²) in [5, 5.41) is 8.95. The Morgan fingerprint density at radius 2 is 1.78 bits per heavy atom. The minimum Gasteiger partial charge on any atom is -0.267 e. The van der Waals surface area contributed by atoms with Crippen LogP contribution < -0.4 is 4.31 Å². The molecular weight excluding hydrogens is 308 g/mol. The summed E-state index contributed by atoms with van der Waals surface area (Å²) in [6.07, 6.45) is 0. The second-order valence-electron chi connectivity index (χ2n) is 5.79. The molecule has 0 N–H and O–H groups in total. The van der Waals surface area contributed by atoms with Gasteiger partial charge in [0.2, 0.25) is 10.0 Å². The van der Waals surface area contributed by atoms with Crippen LogP contribution in [0.2, 0.25) is 0 Å². The van der Waals surface area contributed by atoms with Gasteiger partial charge >= 0.3 is 0 Å². The van der Waals surface area contributed by atoms with Gasteiger partial charge in [-0.3, -0.25) is 4.31 Å². The highest BCUT2D eigenvalue weighted by Gasteiger charge is 2.25. The zero-order valence-corrected chi connectivity index (χ0v) is 14.3. The van der Waals surface area contributed by atoms with Gasteiger partial charge in [-0.05, 0) is 50.6 Å². The number of nitrogens with zero attached hydrogens (tertiary/aromatic N) is 2. The summed E-state index contributed by atoms with van der Waals surface area (Å²) in [4.78, 5) is 0. The lowest BCUT2D eigenvalue weighted by atomic mass is 10.2. The molecule has 0 saturated carbocycles. The lowest BCUT2D eigenvalue weighted by molar-refractivity contribution is 0.583. The molecule has 0 radical (unpaired) electrons. The second-order valence-corrected chi connectivity index (χ2v) is 7.64. The van der Waals surface area contributed by atoms with E-state index in [1.165, 1.54) is 4.31 Å². The Morgan fingerprint density at radius 3 is 2.35 bits per heavy atom. The molecule has 0 aliphatic heterocycles. The summed E-state index contributed by atoms with van der Waals surface area (Å²) >= 11 is 0. The Labute approximate surface area is 138 Å². The van der Waals surface area contributed by atoms with Crippen LogP contribution in [0.15, 0.2) is 48.5 Å². The van der Waals surface area contributed by atoms with Gasteiger partial charge in [0.1, 0.15) is 0 Å². The molecule has 0 aliphatic rings. The first-order chi connectivity index (χ1) is 10.8. The van der Waals surface area contributed by atoms with Gasteiger partial charge in [0.15, 0.2) is 0 Å². The van der Waals surface area contributed by atoms with Crippen LogP contribution >= 0.6 is 0 Å². The lowest BCUT2D eigenvalue weighted by Crippen LogP contribution is -2.37. The largest absolute Gasteiger partial charge is 0.267 e. The van der Waals surface area contributed by atoms with Crippen LogP contribution in [0.1, 0.15) is 30.5 Å². The Bertz CT molecular complexity index is 819. The van der Waals surface area contributed by atoms with Crippen LogP contribution in [0.3, 0.4) is 0 Å². The molecule has 0 aromatic heterocycles. The fourth-order valence-electron chi connectivity index (χ4n) is 2.48. The third-order valence-electron chi connectivity index (χ3n) is 3.46. The number of sulfonamides is 1. The van der Waals surface area contributed by atoms with Crippen LogP contribution in [-0.2, 0) is 15.8 Å². The maximum Gasteiger partial charge on any atom is 0.239 e. The van der Waals surface area contributed by atoms with E-state index in [2.05, 4.69) is 0 Å². The van der Waals surface area contributed by atoms with Crippen LogP contribution in [-0.4, -0.2) is 14.5 Å². The molecule has 4 nitrogen and oxygen atoms in total. The maximum absolute atomic E-state index is 12.9. The number of aryl methyl sites for hydroxylation is 1. The minimum atomic E-state index is -3.54. The van der Waals surface area contributed by atoms with E-state index in [4.69, 9.17) is 5.26 Å². The number of anilines is 1. The predicted molar refractivity (Wildman–Crippen MR) is 92.6 cm³/mol. The topological polar surface area (TPSA) is 61.2 Å². The van der Waals surface area contributed by atoms with E-state index in [-0.39, 0.29) is 11.8 Å². The third kappa shape index (κ3) is 4.11. The smallest absolute Gasteiger partial charge is 0.239 e. The number of hydrogen-bond acceptors (Lipinski definition) is 3. The van der Waals surface area contributed by atoms with Gasteiger partial charge in [0.05, 0.1) is 23.1 Å². The van der Waals surface area contributed by atoms with Crippen molar-refractivity contribution < 1.29 is 8.42 Å². The van der Waals surface area contributed by atoms with Crippen molar-refractivity contribution in [3.8, 4) is 6.07 Å². The van der Waals surface area contributed by atoms with Gasteiger partial charge in [0.25, 0.3) is 0 Å². The summed E-state index contributed by atoms with van der Waals surface area (Å²) < 4.78 is 27.2. The quantitative estimate of drug-likeness (QED) is 0.842. The van der Waals surface area contributed by atoms with Crippen LogP contribution in [0, 0.1) is 18.3 Å². The van der Waals surface area contributed by atoms with Crippen molar-refractivity contribution in [3.05, 3.63) is 65.2 Å². The Balaban J connectivity index is 2.37. The highest BCUT2D eigenvalue weighted by atomic mass is 32.2. The first-order valence-electron chi connectivity index (χ1n) is 7.41. The molecule has 0 bridgehead atoms. The molecule has 0 spiro atoms. The number of rotatable bonds is 5. The molecule has 0 fully saturated rings. The highest BCUT2D eigenvalue weighted by Crippen LogP contribution is 2.24. The highest BCUT2D eigenvalue weighted by molar-refractivity contribution is 7.92. The molecule has 0 unspecified atom stereocenters. The van der Waals surface area contributed by atoms with Gasteiger partial charge in [-0.2, -0.15) is 5.26 Å². The van der Waals surface area contributed by atoms with E-state index in [1.54, 1.807) is 24.3 Å². The zero-order valence-electron chi connectivity index (χ0n) is 13.5. The summed E-state index contributed by atoms with van der Waals surface area (Å²) in [6, 6.07) is 16.0. The maximum atomic E-state index is 12.9. The summed E-state index contributed by atoms with van der Waals surface area (Å²) in [5.74, 6) is -0.130. The van der Waals surface area contributed by atoms with Crippen LogP contribution in [0.5, 0.6) is 0 Å². The number of benzene rings is 2. The predicted octanol–water partition coefficient (Wildman–Crippen LogP) is 3.61. The second kappa shape index (κ2) is 6.84. The van der Waals surface area contributed by atoms with E-state index in [9.17, 15) is 8.42 Å². The van der Waals surface area contributed by atoms with Crippen molar-refractivity contribution in [1.82, 2.24) is 0 Å². The van der Waals surface area contributed by atoms with Crippen LogP contribution in [0.4, 0.5) is 5.69 Å². The van der Waals surface area contributed by atoms with E-state index in [1.807, 2.05) is 51.1 Å². The molecule has 2 aromatic carbocycles. The molecule has 0 heterocycles. The van der Waals surface area contributed by atoms with Gasteiger partial charge in [0, 0.05) is 6.04 Å². The van der Waals surface area contributed by atoms with Crippen LogP contribution in [0.25, 0.3) is 0 Å². The summed E-state index contributed by atoms with van der Waals surface area (Å²) in [5.41, 5.74) is 2.81. The average Bonchev–Trinajstić information content (AvgIpc) is 2.48. The van der Waals surface area contributed by atoms with Crippen molar-refractivity contribution in [1.29, 1.82) is 5.26 Å². The van der Waals surface area contributed by atoms with Crippen molar-refractivity contribution in [2.45, 2.75) is 32.6 Å². The van der Waals surface area contributed by atoms with Crippen molar-refractivity contribution >= 4 is 15.7 Å². The molecule has 0 saturated heterocycles. The van der Waals surface area contributed by atoms with E-state index < -0.39 is 10.0 Å². The van der Waals surface area contributed by atoms with Gasteiger partial charge in [-0.1, -0.05) is 29.8 Å². The third-order valence-corrected chi connectivity index (χ3v) is 5.39. The standard InChI is InChI=1S/C18H20N2O2S/c1-14(2)20(18-9-7-15(3)8-10-18)23(21,22)13-17-6-4-5-16(11-17)12-19/h4-11,14H,13H2,1-3H3. The fourth-order valence-corrected chi connectivity index (χ4v) is 4.31. The SMILES string of the molecule is Cc1ccc(N(C(C)C)S(=O)(=O)Cc2cccc(C#N)c2)cc1. The van der Waals surface area contributed by atoms with Crippen molar-refractivity contribution in [2.24, 2.45) is 0 Å². The first kappa shape index (κ1) is 17.0. The zero-order chi connectivity index (χ0) is 17.0. The summed E-state index contributed by atoms with van der Waals surface area (Å²) in [7, 11) is -3.54. The minimum absolute atomic E-state index is 0.130. The van der Waals surface area contributed by atoms with Crippen molar-refractivity contribution in [3.63, 3.8) is 0 Å². The molecule has 120 valence electrons. The van der Waals surface area contributed by atoms with E-state index >= 15 is 0 Å². The normalized spacial score (nSPS) is 11.3. The Kier molecular flexibility index (Phi) is 5.07. The molecule has 0 atom stereocenters. The average molecular weight is 328 g/mol. The molecular formula is C18H20N2O2S. The Morgan fingerprint density at radius 1 is 1.13 bits per heavy atom. The van der Waals surface area contributed by atoms with Gasteiger partial charge in [-0.15, -0.1) is 0 Å². The molecule has 2 aromatic rings. The molecule has 2 rings (SSSR count). The van der Waals surface area contributed by atoms with E-state index in [0.717, 1.165) is 5.56 Å². The molecule has 23 heavy (non-hydrogen) atoms. The molecule has 5 heteroatoms. The monoisotopic (exact) mass is 328 g/mol. The molecule has 0 aliphatic carbocycles.